The molecule has 1 saturated heterocycles. The lowest BCUT2D eigenvalue weighted by Gasteiger charge is -2.38. The molecule has 2 unspecified atom stereocenters. The van der Waals surface area contributed by atoms with Gasteiger partial charge < -0.3 is 10.2 Å². The minimum Gasteiger partial charge on any atom is -0.332 e. The van der Waals surface area contributed by atoms with Crippen molar-refractivity contribution in [2.75, 3.05) is 13.1 Å². The van der Waals surface area contributed by atoms with E-state index < -0.39 is 0 Å². The van der Waals surface area contributed by atoms with E-state index in [2.05, 4.69) is 19.2 Å². The zero-order valence-corrected chi connectivity index (χ0v) is 17.7. The number of hydrogen-bond donors (Lipinski definition) is 1. The third-order valence-electron chi connectivity index (χ3n) is 5.90. The van der Waals surface area contributed by atoms with Gasteiger partial charge in [-0.2, -0.15) is 0 Å². The van der Waals surface area contributed by atoms with Crippen molar-refractivity contribution < 1.29 is 4.79 Å². The summed E-state index contributed by atoms with van der Waals surface area (Å²) in [4.78, 5) is 34.4. The number of piperazine rings is 1. The number of thiophene rings is 1. The Balaban J connectivity index is 0.00000210. The predicted octanol–water partition coefficient (Wildman–Crippen LogP) is 2.74. The van der Waals surface area contributed by atoms with Gasteiger partial charge in [-0.15, -0.1) is 23.7 Å². The average molecular weight is 411 g/mol. The van der Waals surface area contributed by atoms with Crippen LogP contribution in [0.15, 0.2) is 4.79 Å². The normalized spacial score (nSPS) is 22.9. The van der Waals surface area contributed by atoms with E-state index in [0.717, 1.165) is 55.0 Å². The molecular weight excluding hydrogens is 384 g/mol. The Hall–Kier alpha value is -1.44. The van der Waals surface area contributed by atoms with Crippen LogP contribution < -0.4 is 10.9 Å². The molecule has 0 radical (unpaired) electrons. The Morgan fingerprint density at radius 3 is 2.78 bits per heavy atom. The molecule has 0 spiro atoms. The molecule has 1 N–H and O–H groups in total. The van der Waals surface area contributed by atoms with Crippen molar-refractivity contribution in [3.8, 4) is 0 Å². The van der Waals surface area contributed by atoms with Crippen molar-refractivity contribution in [3.63, 3.8) is 0 Å². The SMILES string of the molecule is Cc1c(C(=O)N2CCNC(C)C2C)sc2nc3n(c(=O)c12)CCCCC3.Cl. The highest BCUT2D eigenvalue weighted by Gasteiger charge is 2.31. The van der Waals surface area contributed by atoms with Gasteiger partial charge in [0, 0.05) is 38.1 Å². The zero-order valence-electron chi connectivity index (χ0n) is 16.1. The highest BCUT2D eigenvalue weighted by Crippen LogP contribution is 2.30. The van der Waals surface area contributed by atoms with Gasteiger partial charge in [-0.1, -0.05) is 6.42 Å². The molecule has 27 heavy (non-hydrogen) atoms. The van der Waals surface area contributed by atoms with Gasteiger partial charge in [0.1, 0.15) is 10.7 Å². The number of halogens is 1. The second-order valence-electron chi connectivity index (χ2n) is 7.51. The molecule has 6 nitrogen and oxygen atoms in total. The van der Waals surface area contributed by atoms with Gasteiger partial charge in [0.15, 0.2) is 0 Å². The number of nitrogens with one attached hydrogen (secondary N) is 1. The van der Waals surface area contributed by atoms with E-state index in [4.69, 9.17) is 4.98 Å². The number of aryl methyl sites for hydroxylation is 2. The van der Waals surface area contributed by atoms with E-state index in [-0.39, 0.29) is 36.0 Å². The van der Waals surface area contributed by atoms with Gasteiger partial charge in [-0.25, -0.2) is 4.98 Å². The summed E-state index contributed by atoms with van der Waals surface area (Å²) in [6, 6.07) is 0.397. The summed E-state index contributed by atoms with van der Waals surface area (Å²) >= 11 is 1.39. The topological polar surface area (TPSA) is 67.2 Å². The molecule has 2 aliphatic rings. The van der Waals surface area contributed by atoms with Crippen molar-refractivity contribution >= 4 is 39.9 Å². The number of amides is 1. The summed E-state index contributed by atoms with van der Waals surface area (Å²) in [5.74, 6) is 0.912. The smallest absolute Gasteiger partial charge is 0.264 e. The molecule has 4 rings (SSSR count). The van der Waals surface area contributed by atoms with Crippen LogP contribution in [0, 0.1) is 6.92 Å². The maximum Gasteiger partial charge on any atom is 0.264 e. The zero-order chi connectivity index (χ0) is 18.4. The fourth-order valence-electron chi connectivity index (χ4n) is 4.09. The first kappa shape index (κ1) is 20.3. The van der Waals surface area contributed by atoms with Crippen molar-refractivity contribution in [2.24, 2.45) is 0 Å². The van der Waals surface area contributed by atoms with Gasteiger partial charge in [-0.3, -0.25) is 14.2 Å². The molecule has 2 atom stereocenters. The van der Waals surface area contributed by atoms with Crippen LogP contribution in [0.4, 0.5) is 0 Å². The molecule has 4 heterocycles. The fourth-order valence-corrected chi connectivity index (χ4v) is 5.23. The molecule has 0 saturated carbocycles. The van der Waals surface area contributed by atoms with Crippen LogP contribution in [-0.4, -0.2) is 45.5 Å². The summed E-state index contributed by atoms with van der Waals surface area (Å²) < 4.78 is 1.83. The van der Waals surface area contributed by atoms with Crippen LogP contribution in [0.3, 0.4) is 0 Å². The number of fused-ring (bicyclic) bond motifs is 2. The summed E-state index contributed by atoms with van der Waals surface area (Å²) in [7, 11) is 0. The van der Waals surface area contributed by atoms with Gasteiger partial charge in [0.2, 0.25) is 0 Å². The molecule has 2 aromatic rings. The van der Waals surface area contributed by atoms with Crippen LogP contribution in [0.5, 0.6) is 0 Å². The molecule has 0 aromatic carbocycles. The maximum atomic E-state index is 13.2. The van der Waals surface area contributed by atoms with Gasteiger partial charge in [0.05, 0.1) is 10.3 Å². The molecule has 2 aliphatic heterocycles. The Bertz CT molecular complexity index is 923. The van der Waals surface area contributed by atoms with Crippen LogP contribution in [0.1, 0.15) is 54.2 Å². The highest BCUT2D eigenvalue weighted by atomic mass is 35.5. The Morgan fingerprint density at radius 1 is 1.22 bits per heavy atom. The molecule has 1 amide bonds. The molecule has 8 heteroatoms. The van der Waals surface area contributed by atoms with E-state index in [1.54, 1.807) is 0 Å². The van der Waals surface area contributed by atoms with E-state index in [1.165, 1.54) is 11.3 Å². The standard InChI is InChI=1S/C19H26N4O2S.ClH/c1-11-15-17(21-14-7-5-4-6-9-23(14)18(15)24)26-16(11)19(25)22-10-8-20-12(2)13(22)3;/h12-13,20H,4-10H2,1-3H3;1H. The number of nitrogens with zero attached hydrogens (tertiary/aromatic N) is 3. The lowest BCUT2D eigenvalue weighted by molar-refractivity contribution is 0.0607. The number of rotatable bonds is 1. The molecule has 0 aliphatic carbocycles. The highest BCUT2D eigenvalue weighted by molar-refractivity contribution is 7.20. The second-order valence-corrected chi connectivity index (χ2v) is 8.51. The summed E-state index contributed by atoms with van der Waals surface area (Å²) in [5.41, 5.74) is 0.826. The predicted molar refractivity (Wildman–Crippen MR) is 111 cm³/mol. The van der Waals surface area contributed by atoms with Crippen LogP contribution >= 0.6 is 23.7 Å². The summed E-state index contributed by atoms with van der Waals surface area (Å²) in [6.07, 6.45) is 4.07. The molecule has 148 valence electrons. The van der Waals surface area contributed by atoms with E-state index in [0.29, 0.717) is 16.8 Å². The number of hydrogen-bond acceptors (Lipinski definition) is 5. The van der Waals surface area contributed by atoms with E-state index >= 15 is 0 Å². The Labute approximate surface area is 169 Å². The number of carbonyl (C=O) groups excluding carboxylic acids is 1. The summed E-state index contributed by atoms with van der Waals surface area (Å²) in [5, 5.41) is 4.04. The van der Waals surface area contributed by atoms with Crippen molar-refractivity contribution in [1.82, 2.24) is 19.8 Å². The van der Waals surface area contributed by atoms with Crippen molar-refractivity contribution in [1.29, 1.82) is 0 Å². The molecule has 2 aromatic heterocycles. The minimum absolute atomic E-state index is 0. The van der Waals surface area contributed by atoms with Crippen LogP contribution in [0.25, 0.3) is 10.2 Å². The second kappa shape index (κ2) is 7.89. The summed E-state index contributed by atoms with van der Waals surface area (Å²) in [6.45, 7) is 8.31. The number of aromatic nitrogens is 2. The molecular formula is C19H27ClN4O2S. The number of carbonyl (C=O) groups is 1. The minimum atomic E-state index is 0. The van der Waals surface area contributed by atoms with Gasteiger partial charge in [0.25, 0.3) is 11.5 Å². The van der Waals surface area contributed by atoms with Crippen molar-refractivity contribution in [3.05, 3.63) is 26.6 Å². The van der Waals surface area contributed by atoms with Crippen molar-refractivity contribution in [2.45, 2.75) is 65.1 Å². The van der Waals surface area contributed by atoms with Gasteiger partial charge >= 0.3 is 0 Å². The van der Waals surface area contributed by atoms with Crippen LogP contribution in [-0.2, 0) is 13.0 Å². The largest absolute Gasteiger partial charge is 0.332 e. The first-order valence-corrected chi connectivity index (χ1v) is 10.4. The van der Waals surface area contributed by atoms with E-state index in [9.17, 15) is 9.59 Å². The maximum absolute atomic E-state index is 13.2. The Morgan fingerprint density at radius 2 is 2.00 bits per heavy atom. The average Bonchev–Trinajstić information content (AvgIpc) is 2.80. The Kier molecular flexibility index (Phi) is 5.93. The van der Waals surface area contributed by atoms with Crippen LogP contribution in [0.2, 0.25) is 0 Å². The lowest BCUT2D eigenvalue weighted by Crippen LogP contribution is -2.57. The molecule has 1 fully saturated rings. The quantitative estimate of drug-likeness (QED) is 0.784. The third-order valence-corrected chi connectivity index (χ3v) is 7.07. The van der Waals surface area contributed by atoms with E-state index in [1.807, 2.05) is 16.4 Å². The third kappa shape index (κ3) is 3.41. The first-order chi connectivity index (χ1) is 12.5. The van der Waals surface area contributed by atoms with Gasteiger partial charge in [-0.05, 0) is 39.2 Å². The fraction of sp³-hybridized carbons (Fsp3) is 0.632. The monoisotopic (exact) mass is 410 g/mol. The first-order valence-electron chi connectivity index (χ1n) is 9.56. The molecule has 0 bridgehead atoms. The lowest BCUT2D eigenvalue weighted by atomic mass is 10.1.